The van der Waals surface area contributed by atoms with E-state index >= 15 is 0 Å². The maximum atomic E-state index is 8.96. The number of aliphatic hydroxyl groups is 1. The van der Waals surface area contributed by atoms with Crippen LogP contribution in [0.25, 0.3) is 0 Å². The molecular weight excluding hydrogens is 250 g/mol. The van der Waals surface area contributed by atoms with Crippen molar-refractivity contribution in [2.75, 3.05) is 18.1 Å². The van der Waals surface area contributed by atoms with Gasteiger partial charge in [0.25, 0.3) is 0 Å². The summed E-state index contributed by atoms with van der Waals surface area (Å²) in [6, 6.07) is 2.09. The Bertz CT molecular complexity index is 382. The molecule has 0 aromatic carbocycles. The van der Waals surface area contributed by atoms with E-state index in [9.17, 15) is 0 Å². The number of aliphatic hydroxyl groups excluding tert-OH is 1. The Morgan fingerprint density at radius 1 is 1.28 bits per heavy atom. The Labute approximate surface area is 114 Å². The van der Waals surface area contributed by atoms with E-state index in [4.69, 9.17) is 16.7 Å². The lowest BCUT2D eigenvalue weighted by Gasteiger charge is -2.28. The van der Waals surface area contributed by atoms with Crippen molar-refractivity contribution in [2.24, 2.45) is 0 Å². The second-order valence-electron chi connectivity index (χ2n) is 4.93. The number of hydrogen-bond donors (Lipinski definition) is 1. The summed E-state index contributed by atoms with van der Waals surface area (Å²) in [5.41, 5.74) is 0. The van der Waals surface area contributed by atoms with E-state index in [1.54, 1.807) is 6.07 Å². The van der Waals surface area contributed by atoms with E-state index in [2.05, 4.69) is 28.7 Å². The van der Waals surface area contributed by atoms with Crippen LogP contribution in [-0.2, 0) is 0 Å². The predicted molar refractivity (Wildman–Crippen MR) is 75.3 cm³/mol. The van der Waals surface area contributed by atoms with E-state index < -0.39 is 0 Å². The van der Waals surface area contributed by atoms with Crippen LogP contribution in [0.3, 0.4) is 0 Å². The summed E-state index contributed by atoms with van der Waals surface area (Å²) >= 11 is 6.05. The summed E-state index contributed by atoms with van der Waals surface area (Å²) in [6.45, 7) is 9.23. The van der Waals surface area contributed by atoms with Gasteiger partial charge in [0.2, 0.25) is 0 Å². The molecule has 18 heavy (non-hydrogen) atoms. The normalized spacial score (nSPS) is 11.3. The highest BCUT2D eigenvalue weighted by Gasteiger charge is 2.15. The molecule has 0 aliphatic rings. The summed E-state index contributed by atoms with van der Waals surface area (Å²) in [7, 11) is 0. The molecule has 1 aromatic heterocycles. The SMILES string of the molecule is CC(C)c1nc(Cl)cc(N(CCCO)C(C)C)n1. The maximum Gasteiger partial charge on any atom is 0.135 e. The summed E-state index contributed by atoms with van der Waals surface area (Å²) in [5, 5.41) is 9.43. The summed E-state index contributed by atoms with van der Waals surface area (Å²) in [5.74, 6) is 1.84. The molecule has 0 fully saturated rings. The molecule has 0 atom stereocenters. The molecule has 1 N–H and O–H groups in total. The van der Waals surface area contributed by atoms with Crippen molar-refractivity contribution in [3.63, 3.8) is 0 Å². The molecule has 0 aliphatic carbocycles. The Balaban J connectivity index is 3.03. The first-order valence-corrected chi connectivity index (χ1v) is 6.75. The third-order valence-electron chi connectivity index (χ3n) is 2.69. The van der Waals surface area contributed by atoms with Gasteiger partial charge in [-0.05, 0) is 20.3 Å². The molecule has 0 amide bonds. The van der Waals surface area contributed by atoms with Crippen molar-refractivity contribution in [1.29, 1.82) is 0 Å². The Morgan fingerprint density at radius 3 is 2.44 bits per heavy atom. The molecule has 0 saturated heterocycles. The van der Waals surface area contributed by atoms with Gasteiger partial charge in [-0.15, -0.1) is 0 Å². The van der Waals surface area contributed by atoms with Crippen LogP contribution < -0.4 is 4.90 Å². The monoisotopic (exact) mass is 271 g/mol. The van der Waals surface area contributed by atoms with Gasteiger partial charge in [-0.25, -0.2) is 9.97 Å². The fourth-order valence-electron chi connectivity index (χ4n) is 1.71. The molecule has 5 heteroatoms. The number of nitrogens with zero attached hydrogens (tertiary/aromatic N) is 3. The lowest BCUT2D eigenvalue weighted by Crippen LogP contribution is -2.33. The first-order chi connectivity index (χ1) is 8.45. The van der Waals surface area contributed by atoms with Gasteiger partial charge in [-0.3, -0.25) is 0 Å². The number of hydrogen-bond acceptors (Lipinski definition) is 4. The number of aromatic nitrogens is 2. The van der Waals surface area contributed by atoms with Crippen LogP contribution in [0.2, 0.25) is 5.15 Å². The first-order valence-electron chi connectivity index (χ1n) is 6.37. The van der Waals surface area contributed by atoms with Crippen LogP contribution in [0.15, 0.2) is 6.07 Å². The highest BCUT2D eigenvalue weighted by Crippen LogP contribution is 2.21. The van der Waals surface area contributed by atoms with E-state index in [0.717, 1.165) is 24.6 Å². The Morgan fingerprint density at radius 2 is 1.94 bits per heavy atom. The van der Waals surface area contributed by atoms with E-state index in [1.807, 2.05) is 13.8 Å². The van der Waals surface area contributed by atoms with Gasteiger partial charge in [0.1, 0.15) is 16.8 Å². The van der Waals surface area contributed by atoms with Crippen molar-refractivity contribution in [2.45, 2.75) is 46.1 Å². The fraction of sp³-hybridized carbons (Fsp3) is 0.692. The second kappa shape index (κ2) is 6.90. The van der Waals surface area contributed by atoms with Crippen molar-refractivity contribution < 1.29 is 5.11 Å². The van der Waals surface area contributed by atoms with Gasteiger partial charge < -0.3 is 10.0 Å². The Hall–Kier alpha value is -0.870. The summed E-state index contributed by atoms with van der Waals surface area (Å²) < 4.78 is 0. The van der Waals surface area contributed by atoms with Crippen LogP contribution in [-0.4, -0.2) is 34.3 Å². The topological polar surface area (TPSA) is 49.2 Å². The van der Waals surface area contributed by atoms with Crippen LogP contribution in [0.1, 0.15) is 45.9 Å². The van der Waals surface area contributed by atoms with Gasteiger partial charge in [0, 0.05) is 31.2 Å². The first kappa shape index (κ1) is 15.2. The fourth-order valence-corrected chi connectivity index (χ4v) is 1.89. The van der Waals surface area contributed by atoms with Crippen LogP contribution >= 0.6 is 11.6 Å². The quantitative estimate of drug-likeness (QED) is 0.809. The second-order valence-corrected chi connectivity index (χ2v) is 5.31. The smallest absolute Gasteiger partial charge is 0.135 e. The van der Waals surface area contributed by atoms with Crippen molar-refractivity contribution in [1.82, 2.24) is 9.97 Å². The highest BCUT2D eigenvalue weighted by atomic mass is 35.5. The van der Waals surface area contributed by atoms with Gasteiger partial charge >= 0.3 is 0 Å². The number of halogens is 1. The minimum absolute atomic E-state index is 0.180. The lowest BCUT2D eigenvalue weighted by molar-refractivity contribution is 0.288. The van der Waals surface area contributed by atoms with Crippen molar-refractivity contribution in [3.05, 3.63) is 17.0 Å². The standard InChI is InChI=1S/C13H22ClN3O/c1-9(2)13-15-11(14)8-12(16-13)17(10(3)4)6-5-7-18/h8-10,18H,5-7H2,1-4H3. The van der Waals surface area contributed by atoms with Crippen LogP contribution in [0.4, 0.5) is 5.82 Å². The average Bonchev–Trinajstić information content (AvgIpc) is 2.28. The minimum Gasteiger partial charge on any atom is -0.396 e. The van der Waals surface area contributed by atoms with Gasteiger partial charge in [-0.2, -0.15) is 0 Å². The Kier molecular flexibility index (Phi) is 5.82. The molecule has 0 aliphatic heterocycles. The summed E-state index contributed by atoms with van der Waals surface area (Å²) in [6.07, 6.45) is 0.719. The largest absolute Gasteiger partial charge is 0.396 e. The number of anilines is 1. The van der Waals surface area contributed by atoms with Crippen molar-refractivity contribution >= 4 is 17.4 Å². The molecule has 1 aromatic rings. The van der Waals surface area contributed by atoms with E-state index in [-0.39, 0.29) is 12.5 Å². The van der Waals surface area contributed by atoms with E-state index in [0.29, 0.717) is 11.2 Å². The van der Waals surface area contributed by atoms with E-state index in [1.165, 1.54) is 0 Å². The molecule has 1 heterocycles. The third kappa shape index (κ3) is 4.10. The zero-order valence-electron chi connectivity index (χ0n) is 11.5. The van der Waals surface area contributed by atoms with Crippen LogP contribution in [0, 0.1) is 0 Å². The minimum atomic E-state index is 0.180. The van der Waals surface area contributed by atoms with Gasteiger partial charge in [0.15, 0.2) is 0 Å². The average molecular weight is 272 g/mol. The van der Waals surface area contributed by atoms with Gasteiger partial charge in [-0.1, -0.05) is 25.4 Å². The third-order valence-corrected chi connectivity index (χ3v) is 2.88. The predicted octanol–water partition coefficient (Wildman–Crippen LogP) is 2.85. The molecule has 0 spiro atoms. The van der Waals surface area contributed by atoms with Gasteiger partial charge in [0.05, 0.1) is 0 Å². The van der Waals surface area contributed by atoms with Crippen molar-refractivity contribution in [3.8, 4) is 0 Å². The molecule has 102 valence electrons. The molecule has 0 radical (unpaired) electrons. The lowest BCUT2D eigenvalue weighted by atomic mass is 10.2. The molecule has 1 rings (SSSR count). The maximum absolute atomic E-state index is 8.96. The molecular formula is C13H22ClN3O. The van der Waals surface area contributed by atoms with Crippen LogP contribution in [0.5, 0.6) is 0 Å². The molecule has 0 saturated carbocycles. The summed E-state index contributed by atoms with van der Waals surface area (Å²) in [4.78, 5) is 10.9. The molecule has 0 bridgehead atoms. The molecule has 0 unspecified atom stereocenters. The zero-order valence-corrected chi connectivity index (χ0v) is 12.3. The zero-order chi connectivity index (χ0) is 13.7. The number of rotatable bonds is 6. The highest BCUT2D eigenvalue weighted by molar-refractivity contribution is 6.29. The molecule has 4 nitrogen and oxygen atoms in total.